The molecule has 0 aromatic heterocycles. The number of hydrogen-bond acceptors (Lipinski definition) is 7. The number of morpholine rings is 1. The number of nitro benzene ring substituents is 1. The van der Waals surface area contributed by atoms with Crippen molar-refractivity contribution in [1.29, 1.82) is 0 Å². The minimum atomic E-state index is -4.21. The molecule has 0 aliphatic carbocycles. The molecule has 2 aromatic rings. The number of sulfonamides is 2. The summed E-state index contributed by atoms with van der Waals surface area (Å²) < 4.78 is 59.3. The van der Waals surface area contributed by atoms with Gasteiger partial charge in [-0.2, -0.15) is 4.31 Å². The molecule has 1 N–H and O–H groups in total. The van der Waals surface area contributed by atoms with Crippen LogP contribution in [0.5, 0.6) is 0 Å². The van der Waals surface area contributed by atoms with Gasteiger partial charge in [0, 0.05) is 19.2 Å². The average molecular weight is 462 g/mol. The van der Waals surface area contributed by atoms with Crippen LogP contribution in [0.2, 0.25) is 5.02 Å². The van der Waals surface area contributed by atoms with Crippen molar-refractivity contribution in [3.8, 4) is 0 Å². The number of nitro groups is 1. The van der Waals surface area contributed by atoms with Crippen LogP contribution in [-0.2, 0) is 24.8 Å². The second kappa shape index (κ2) is 8.24. The molecule has 0 unspecified atom stereocenters. The quantitative estimate of drug-likeness (QED) is 0.513. The van der Waals surface area contributed by atoms with E-state index in [-0.39, 0.29) is 46.8 Å². The molecule has 1 heterocycles. The molecular formula is C16H16ClN3O7S2. The second-order valence-corrected chi connectivity index (χ2v) is 10.0. The van der Waals surface area contributed by atoms with Gasteiger partial charge in [0.2, 0.25) is 10.0 Å². The Hall–Kier alpha value is -2.25. The normalized spacial score (nSPS) is 15.8. The van der Waals surface area contributed by atoms with Crippen LogP contribution in [0.15, 0.2) is 52.3 Å². The molecule has 0 amide bonds. The predicted octanol–water partition coefficient (Wildman–Crippen LogP) is 2.07. The summed E-state index contributed by atoms with van der Waals surface area (Å²) in [6.45, 7) is 0.960. The molecule has 0 atom stereocenters. The van der Waals surface area contributed by atoms with Gasteiger partial charge in [-0.3, -0.25) is 14.8 Å². The minimum absolute atomic E-state index is 0.00284. The van der Waals surface area contributed by atoms with E-state index in [1.54, 1.807) is 0 Å². The number of halogens is 1. The number of anilines is 1. The van der Waals surface area contributed by atoms with Gasteiger partial charge >= 0.3 is 0 Å². The van der Waals surface area contributed by atoms with Gasteiger partial charge in [0.25, 0.3) is 15.7 Å². The van der Waals surface area contributed by atoms with E-state index >= 15 is 0 Å². The smallest absolute Gasteiger partial charge is 0.289 e. The fraction of sp³-hybridized carbons (Fsp3) is 0.250. The number of nitrogens with zero attached hydrogens (tertiary/aromatic N) is 2. The summed E-state index contributed by atoms with van der Waals surface area (Å²) in [7, 11) is -8.03. The monoisotopic (exact) mass is 461 g/mol. The number of ether oxygens (including phenoxy) is 1. The van der Waals surface area contributed by atoms with Crippen molar-refractivity contribution in [2.45, 2.75) is 9.79 Å². The Kier molecular flexibility index (Phi) is 6.10. The molecule has 0 saturated carbocycles. The van der Waals surface area contributed by atoms with E-state index in [2.05, 4.69) is 4.72 Å². The SMILES string of the molecule is O=[N+]([O-])c1cc(S(=O)(=O)Nc2cccc(S(=O)(=O)N3CCOCC3)c2)ccc1Cl. The molecule has 3 rings (SSSR count). The Morgan fingerprint density at radius 3 is 2.38 bits per heavy atom. The van der Waals surface area contributed by atoms with Crippen LogP contribution in [-0.4, -0.2) is 52.4 Å². The highest BCUT2D eigenvalue weighted by Gasteiger charge is 2.27. The summed E-state index contributed by atoms with van der Waals surface area (Å²) in [5.41, 5.74) is -0.560. The maximum Gasteiger partial charge on any atom is 0.289 e. The first-order valence-electron chi connectivity index (χ1n) is 8.26. The number of hydrogen-bond donors (Lipinski definition) is 1. The van der Waals surface area contributed by atoms with E-state index in [1.807, 2.05) is 0 Å². The van der Waals surface area contributed by atoms with Gasteiger partial charge < -0.3 is 4.74 Å². The minimum Gasteiger partial charge on any atom is -0.379 e. The fourth-order valence-electron chi connectivity index (χ4n) is 2.67. The van der Waals surface area contributed by atoms with Crippen molar-refractivity contribution in [3.05, 3.63) is 57.6 Å². The van der Waals surface area contributed by atoms with Gasteiger partial charge in [0.1, 0.15) is 5.02 Å². The second-order valence-electron chi connectivity index (χ2n) is 6.02. The van der Waals surface area contributed by atoms with Gasteiger partial charge in [0.15, 0.2) is 0 Å². The molecule has 10 nitrogen and oxygen atoms in total. The summed E-state index contributed by atoms with van der Waals surface area (Å²) in [6.07, 6.45) is 0. The van der Waals surface area contributed by atoms with E-state index < -0.39 is 30.7 Å². The third-order valence-corrected chi connectivity index (χ3v) is 7.71. The number of nitrogens with one attached hydrogen (secondary N) is 1. The van der Waals surface area contributed by atoms with Crippen molar-refractivity contribution in [1.82, 2.24) is 4.31 Å². The molecule has 1 aliphatic heterocycles. The number of benzene rings is 2. The lowest BCUT2D eigenvalue weighted by Crippen LogP contribution is -2.40. The standard InChI is InChI=1S/C16H16ClN3O7S2/c17-15-5-4-13(11-16(15)20(21)22)28(23,24)18-12-2-1-3-14(10-12)29(25,26)19-6-8-27-9-7-19/h1-5,10-11,18H,6-9H2. The zero-order chi connectivity index (χ0) is 21.2. The molecule has 156 valence electrons. The highest BCUT2D eigenvalue weighted by atomic mass is 35.5. The molecule has 13 heteroatoms. The first-order valence-corrected chi connectivity index (χ1v) is 11.6. The van der Waals surface area contributed by atoms with Crippen molar-refractivity contribution < 1.29 is 26.5 Å². The summed E-state index contributed by atoms with van der Waals surface area (Å²) in [6, 6.07) is 8.37. The molecule has 1 saturated heterocycles. The van der Waals surface area contributed by atoms with Crippen molar-refractivity contribution in [2.24, 2.45) is 0 Å². The van der Waals surface area contributed by atoms with Gasteiger partial charge in [-0.15, -0.1) is 0 Å². The topological polar surface area (TPSA) is 136 Å². The van der Waals surface area contributed by atoms with Gasteiger partial charge in [-0.25, -0.2) is 16.8 Å². The van der Waals surface area contributed by atoms with E-state index in [1.165, 1.54) is 28.6 Å². The highest BCUT2D eigenvalue weighted by molar-refractivity contribution is 7.92. The van der Waals surface area contributed by atoms with Crippen LogP contribution in [0.1, 0.15) is 0 Å². The Balaban J connectivity index is 1.90. The van der Waals surface area contributed by atoms with E-state index in [0.29, 0.717) is 0 Å². The third-order valence-electron chi connectivity index (χ3n) is 4.12. The van der Waals surface area contributed by atoms with Crippen molar-refractivity contribution in [2.75, 3.05) is 31.0 Å². The molecule has 29 heavy (non-hydrogen) atoms. The lowest BCUT2D eigenvalue weighted by molar-refractivity contribution is -0.384. The maximum absolute atomic E-state index is 12.7. The first-order chi connectivity index (χ1) is 13.6. The van der Waals surface area contributed by atoms with Crippen LogP contribution in [0, 0.1) is 10.1 Å². The Morgan fingerprint density at radius 1 is 1.03 bits per heavy atom. The van der Waals surface area contributed by atoms with Crippen LogP contribution in [0.3, 0.4) is 0 Å². The van der Waals surface area contributed by atoms with E-state index in [0.717, 1.165) is 18.2 Å². The Morgan fingerprint density at radius 2 is 1.72 bits per heavy atom. The predicted molar refractivity (Wildman–Crippen MR) is 105 cm³/mol. The van der Waals surface area contributed by atoms with E-state index in [4.69, 9.17) is 16.3 Å². The molecule has 2 aromatic carbocycles. The van der Waals surface area contributed by atoms with Crippen LogP contribution in [0.25, 0.3) is 0 Å². The average Bonchev–Trinajstić information content (AvgIpc) is 2.68. The van der Waals surface area contributed by atoms with E-state index in [9.17, 15) is 26.9 Å². The summed E-state index contributed by atoms with van der Waals surface area (Å²) in [5, 5.41) is 10.8. The summed E-state index contributed by atoms with van der Waals surface area (Å²) in [4.78, 5) is 9.73. The summed E-state index contributed by atoms with van der Waals surface area (Å²) >= 11 is 5.71. The zero-order valence-electron chi connectivity index (χ0n) is 14.8. The Bertz CT molecular complexity index is 1150. The van der Waals surface area contributed by atoms with Crippen molar-refractivity contribution in [3.63, 3.8) is 0 Å². The van der Waals surface area contributed by atoms with Crippen LogP contribution in [0.4, 0.5) is 11.4 Å². The lowest BCUT2D eigenvalue weighted by atomic mass is 10.3. The van der Waals surface area contributed by atoms with Crippen molar-refractivity contribution >= 4 is 43.0 Å². The van der Waals surface area contributed by atoms with Crippen LogP contribution < -0.4 is 4.72 Å². The van der Waals surface area contributed by atoms with Gasteiger partial charge in [-0.05, 0) is 30.3 Å². The fourth-order valence-corrected chi connectivity index (χ4v) is 5.38. The number of rotatable bonds is 6. The third kappa shape index (κ3) is 4.67. The zero-order valence-corrected chi connectivity index (χ0v) is 17.2. The maximum atomic E-state index is 12.7. The molecule has 1 fully saturated rings. The highest BCUT2D eigenvalue weighted by Crippen LogP contribution is 2.28. The lowest BCUT2D eigenvalue weighted by Gasteiger charge is -2.26. The van der Waals surface area contributed by atoms with Gasteiger partial charge in [-0.1, -0.05) is 17.7 Å². The van der Waals surface area contributed by atoms with Crippen LogP contribution >= 0.6 is 11.6 Å². The molecule has 1 aliphatic rings. The Labute approximate surface area is 172 Å². The molecule has 0 bridgehead atoms. The molecule has 0 radical (unpaired) electrons. The summed E-state index contributed by atoms with van der Waals surface area (Å²) in [5.74, 6) is 0. The van der Waals surface area contributed by atoms with Gasteiger partial charge in [0.05, 0.1) is 33.6 Å². The molecule has 0 spiro atoms. The molecular weight excluding hydrogens is 446 g/mol. The first kappa shape index (κ1) is 21.5. The largest absolute Gasteiger partial charge is 0.379 e.